The first-order valence-electron chi connectivity index (χ1n) is 6.29. The van der Waals surface area contributed by atoms with Crippen molar-refractivity contribution in [2.24, 2.45) is 14.1 Å². The number of hydrogen-bond acceptors (Lipinski definition) is 5. The van der Waals surface area contributed by atoms with Crippen LogP contribution in [0.15, 0.2) is 20.1 Å². The van der Waals surface area contributed by atoms with Gasteiger partial charge in [-0.05, 0) is 13.8 Å². The lowest BCUT2D eigenvalue weighted by molar-refractivity contribution is 0.445. The number of aromatic nitrogens is 3. The normalized spacial score (nSPS) is 11.0. The van der Waals surface area contributed by atoms with Crippen molar-refractivity contribution in [3.8, 4) is 0 Å². The van der Waals surface area contributed by atoms with E-state index in [9.17, 15) is 9.59 Å². The molecule has 0 atom stereocenters. The third-order valence-corrected chi connectivity index (χ3v) is 3.28. The highest BCUT2D eigenvalue weighted by Crippen LogP contribution is 2.07. The third kappa shape index (κ3) is 2.72. The molecule has 0 fully saturated rings. The maximum atomic E-state index is 11.8. The van der Waals surface area contributed by atoms with E-state index in [2.05, 4.69) is 10.3 Å². The van der Waals surface area contributed by atoms with Gasteiger partial charge in [0, 0.05) is 32.4 Å². The molecule has 0 spiro atoms. The topological polar surface area (TPSA) is 82.1 Å². The molecule has 0 aliphatic carbocycles. The zero-order chi connectivity index (χ0) is 14.9. The van der Waals surface area contributed by atoms with E-state index < -0.39 is 0 Å². The molecule has 1 N–H and O–H groups in total. The molecule has 0 aliphatic heterocycles. The second-order valence-corrected chi connectivity index (χ2v) is 4.73. The number of nitrogens with one attached hydrogen (secondary N) is 1. The van der Waals surface area contributed by atoms with Crippen LogP contribution in [0.4, 0.5) is 0 Å². The highest BCUT2D eigenvalue weighted by molar-refractivity contribution is 5.06. The van der Waals surface area contributed by atoms with Crippen LogP contribution >= 0.6 is 0 Å². The van der Waals surface area contributed by atoms with Gasteiger partial charge in [-0.1, -0.05) is 0 Å². The molecule has 7 nitrogen and oxygen atoms in total. The van der Waals surface area contributed by atoms with Crippen LogP contribution in [0.3, 0.4) is 0 Å². The van der Waals surface area contributed by atoms with Gasteiger partial charge in [-0.25, -0.2) is 9.78 Å². The first-order valence-corrected chi connectivity index (χ1v) is 6.29. The lowest BCUT2D eigenvalue weighted by Crippen LogP contribution is -2.39. The van der Waals surface area contributed by atoms with Crippen LogP contribution in [0.25, 0.3) is 0 Å². The van der Waals surface area contributed by atoms with Gasteiger partial charge in [-0.15, -0.1) is 0 Å². The summed E-state index contributed by atoms with van der Waals surface area (Å²) in [6.45, 7) is 4.57. The molecule has 108 valence electrons. The molecular formula is C13H18N4O3. The molecular weight excluding hydrogens is 260 g/mol. The molecule has 2 rings (SSSR count). The van der Waals surface area contributed by atoms with Gasteiger partial charge in [0.15, 0.2) is 0 Å². The number of rotatable bonds is 4. The van der Waals surface area contributed by atoms with Crippen LogP contribution in [0.2, 0.25) is 0 Å². The number of hydrogen-bond donors (Lipinski definition) is 1. The van der Waals surface area contributed by atoms with E-state index in [1.165, 1.54) is 17.7 Å². The Morgan fingerprint density at radius 2 is 1.90 bits per heavy atom. The zero-order valence-electron chi connectivity index (χ0n) is 12.1. The van der Waals surface area contributed by atoms with Gasteiger partial charge in [0.2, 0.25) is 5.89 Å². The van der Waals surface area contributed by atoms with Crippen LogP contribution in [0.5, 0.6) is 0 Å². The Balaban J connectivity index is 2.08. The summed E-state index contributed by atoms with van der Waals surface area (Å²) in [5, 5.41) is 3.11. The van der Waals surface area contributed by atoms with Gasteiger partial charge in [-0.2, -0.15) is 0 Å². The molecule has 2 aromatic rings. The highest BCUT2D eigenvalue weighted by atomic mass is 16.4. The smallest absolute Gasteiger partial charge is 0.330 e. The maximum Gasteiger partial charge on any atom is 0.330 e. The van der Waals surface area contributed by atoms with Gasteiger partial charge in [0.25, 0.3) is 5.56 Å². The number of oxazole rings is 1. The first-order chi connectivity index (χ1) is 9.40. The molecule has 0 amide bonds. The van der Waals surface area contributed by atoms with Crippen LogP contribution in [-0.4, -0.2) is 14.1 Å². The van der Waals surface area contributed by atoms with Crippen LogP contribution in [0, 0.1) is 13.8 Å². The van der Waals surface area contributed by atoms with Crippen molar-refractivity contribution in [1.82, 2.24) is 19.4 Å². The lowest BCUT2D eigenvalue weighted by Gasteiger charge is -2.09. The minimum Gasteiger partial charge on any atom is -0.444 e. The minimum absolute atomic E-state index is 0.312. The largest absolute Gasteiger partial charge is 0.444 e. The first kappa shape index (κ1) is 14.3. The van der Waals surface area contributed by atoms with E-state index in [1.807, 2.05) is 13.8 Å². The Morgan fingerprint density at radius 1 is 1.20 bits per heavy atom. The van der Waals surface area contributed by atoms with Crippen LogP contribution in [-0.2, 0) is 27.2 Å². The quantitative estimate of drug-likeness (QED) is 0.850. The van der Waals surface area contributed by atoms with E-state index in [1.54, 1.807) is 7.05 Å². The van der Waals surface area contributed by atoms with Crippen molar-refractivity contribution in [3.05, 3.63) is 49.9 Å². The molecule has 7 heteroatoms. The Labute approximate surface area is 115 Å². The molecule has 0 radical (unpaired) electrons. The molecule has 0 unspecified atom stereocenters. The number of aryl methyl sites for hydroxylation is 2. The van der Waals surface area contributed by atoms with Crippen LogP contribution < -0.4 is 16.6 Å². The fourth-order valence-corrected chi connectivity index (χ4v) is 1.86. The van der Waals surface area contributed by atoms with E-state index in [0.29, 0.717) is 24.7 Å². The average molecular weight is 278 g/mol. The summed E-state index contributed by atoms with van der Waals surface area (Å²) in [6, 6.07) is 1.44. The Kier molecular flexibility index (Phi) is 3.89. The summed E-state index contributed by atoms with van der Waals surface area (Å²) in [6.07, 6.45) is 0. The van der Waals surface area contributed by atoms with Crippen molar-refractivity contribution in [2.45, 2.75) is 26.9 Å². The van der Waals surface area contributed by atoms with E-state index in [0.717, 1.165) is 16.0 Å². The van der Waals surface area contributed by atoms with Crippen LogP contribution in [0.1, 0.15) is 23.0 Å². The Bertz CT molecular complexity index is 720. The summed E-state index contributed by atoms with van der Waals surface area (Å²) in [5.74, 6) is 1.39. The van der Waals surface area contributed by atoms with Gasteiger partial charge < -0.3 is 9.73 Å². The van der Waals surface area contributed by atoms with Crippen molar-refractivity contribution >= 4 is 0 Å². The number of nitrogens with zero attached hydrogens (tertiary/aromatic N) is 3. The van der Waals surface area contributed by atoms with Gasteiger partial charge in [0.1, 0.15) is 5.76 Å². The second-order valence-electron chi connectivity index (χ2n) is 4.73. The zero-order valence-corrected chi connectivity index (χ0v) is 12.1. The third-order valence-electron chi connectivity index (χ3n) is 3.28. The average Bonchev–Trinajstić information content (AvgIpc) is 2.72. The Hall–Kier alpha value is -2.15. The summed E-state index contributed by atoms with van der Waals surface area (Å²) in [7, 11) is 3.10. The SMILES string of the molecule is Cc1nc(CNCc2cc(=O)n(C)c(=O)n2C)oc1C. The van der Waals surface area contributed by atoms with Crippen molar-refractivity contribution < 1.29 is 4.42 Å². The summed E-state index contributed by atoms with van der Waals surface area (Å²) in [4.78, 5) is 27.6. The molecule has 20 heavy (non-hydrogen) atoms. The predicted octanol–water partition coefficient (Wildman–Crippen LogP) is -0.0214. The molecule has 0 aliphatic rings. The fraction of sp³-hybridized carbons (Fsp3) is 0.462. The summed E-state index contributed by atoms with van der Waals surface area (Å²) < 4.78 is 7.96. The standard InChI is InChI=1S/C13H18N4O3/c1-8-9(2)20-11(15-8)7-14-6-10-5-12(18)17(4)13(19)16(10)3/h5,14H,6-7H2,1-4H3. The van der Waals surface area contributed by atoms with E-state index in [-0.39, 0.29) is 11.2 Å². The maximum absolute atomic E-state index is 11.8. The minimum atomic E-state index is -0.336. The fourth-order valence-electron chi connectivity index (χ4n) is 1.86. The molecule has 2 heterocycles. The van der Waals surface area contributed by atoms with E-state index >= 15 is 0 Å². The predicted molar refractivity (Wildman–Crippen MR) is 73.4 cm³/mol. The second kappa shape index (κ2) is 5.46. The van der Waals surface area contributed by atoms with E-state index in [4.69, 9.17) is 4.42 Å². The van der Waals surface area contributed by atoms with Crippen molar-refractivity contribution in [2.75, 3.05) is 0 Å². The highest BCUT2D eigenvalue weighted by Gasteiger charge is 2.07. The summed E-state index contributed by atoms with van der Waals surface area (Å²) >= 11 is 0. The Morgan fingerprint density at radius 3 is 2.50 bits per heavy atom. The van der Waals surface area contributed by atoms with Gasteiger partial charge in [0.05, 0.1) is 12.2 Å². The molecule has 0 saturated heterocycles. The molecule has 2 aromatic heterocycles. The van der Waals surface area contributed by atoms with Crippen molar-refractivity contribution in [3.63, 3.8) is 0 Å². The molecule has 0 bridgehead atoms. The summed E-state index contributed by atoms with van der Waals surface area (Å²) in [5.41, 5.74) is 0.839. The molecule has 0 aromatic carbocycles. The van der Waals surface area contributed by atoms with Gasteiger partial charge >= 0.3 is 5.69 Å². The van der Waals surface area contributed by atoms with Crippen molar-refractivity contribution in [1.29, 1.82) is 0 Å². The lowest BCUT2D eigenvalue weighted by atomic mass is 10.3. The van der Waals surface area contributed by atoms with Gasteiger partial charge in [-0.3, -0.25) is 13.9 Å². The monoisotopic (exact) mass is 278 g/mol. The molecule has 0 saturated carbocycles.